The van der Waals surface area contributed by atoms with E-state index in [1.807, 2.05) is 13.8 Å². The van der Waals surface area contributed by atoms with Crippen LogP contribution in [0.2, 0.25) is 0 Å². The van der Waals surface area contributed by atoms with Gasteiger partial charge in [-0.2, -0.15) is 0 Å². The Kier molecular flexibility index (Phi) is 3.05. The summed E-state index contributed by atoms with van der Waals surface area (Å²) in [6.45, 7) is 9.20. The Morgan fingerprint density at radius 3 is 2.33 bits per heavy atom. The van der Waals surface area contributed by atoms with E-state index in [0.717, 1.165) is 0 Å². The highest BCUT2D eigenvalue weighted by atomic mass is 32.2. The third kappa shape index (κ3) is 3.12. The monoisotopic (exact) mass is 231 g/mol. The Hall–Kier alpha value is -0.710. The summed E-state index contributed by atoms with van der Waals surface area (Å²) in [5, 5.41) is 2.57. The summed E-state index contributed by atoms with van der Waals surface area (Å²) >= 11 is 1.24. The Balaban J connectivity index is 2.49. The van der Waals surface area contributed by atoms with Crippen molar-refractivity contribution in [3.05, 3.63) is 0 Å². The molecule has 1 aliphatic rings. The first-order chi connectivity index (χ1) is 6.62. The number of nitrogens with one attached hydrogen (secondary N) is 1. The van der Waals surface area contributed by atoms with Crippen molar-refractivity contribution < 1.29 is 14.3 Å². The average Bonchev–Trinajstić information content (AvgIpc) is 1.96. The third-order valence-corrected chi connectivity index (χ3v) is 3.15. The molecule has 1 heterocycles. The first-order valence-electron chi connectivity index (χ1n) is 4.84. The van der Waals surface area contributed by atoms with Crippen LogP contribution in [0.5, 0.6) is 0 Å². The highest BCUT2D eigenvalue weighted by molar-refractivity contribution is 8.17. The minimum Gasteiger partial charge on any atom is -0.444 e. The molecule has 0 saturated carbocycles. The van der Waals surface area contributed by atoms with E-state index < -0.39 is 17.7 Å². The maximum Gasteiger partial charge on any atom is 0.408 e. The Morgan fingerprint density at radius 2 is 2.00 bits per heavy atom. The molecule has 1 aliphatic heterocycles. The van der Waals surface area contributed by atoms with Gasteiger partial charge in [-0.1, -0.05) is 11.8 Å². The molecule has 1 rings (SSSR count). The maximum absolute atomic E-state index is 11.4. The number of alkyl carbamates (subject to hydrolysis) is 1. The second-order valence-electron chi connectivity index (χ2n) is 5.10. The summed E-state index contributed by atoms with van der Waals surface area (Å²) in [5.41, 5.74) is -0.534. The molecular formula is C10H17NO3S. The summed E-state index contributed by atoms with van der Waals surface area (Å²) < 4.78 is 4.85. The number of hydrogen-bond donors (Lipinski definition) is 1. The second kappa shape index (κ2) is 3.70. The molecule has 15 heavy (non-hydrogen) atoms. The molecule has 0 aliphatic carbocycles. The molecule has 1 atom stereocenters. The van der Waals surface area contributed by atoms with Crippen molar-refractivity contribution in [1.29, 1.82) is 0 Å². The van der Waals surface area contributed by atoms with Gasteiger partial charge in [0, 0.05) is 4.75 Å². The van der Waals surface area contributed by atoms with Gasteiger partial charge < -0.3 is 10.1 Å². The number of carbonyl (C=O) groups is 2. The SMILES string of the molecule is CC(C)(C)OC(=O)NC1C(=O)SC1(C)C. The summed E-state index contributed by atoms with van der Waals surface area (Å²) in [7, 11) is 0. The van der Waals surface area contributed by atoms with Gasteiger partial charge in [0.1, 0.15) is 11.6 Å². The number of ether oxygens (including phenoxy) is 1. The van der Waals surface area contributed by atoms with E-state index in [1.165, 1.54) is 11.8 Å². The summed E-state index contributed by atoms with van der Waals surface area (Å²) in [6.07, 6.45) is -0.533. The van der Waals surface area contributed by atoms with Crippen molar-refractivity contribution in [3.63, 3.8) is 0 Å². The number of amides is 1. The van der Waals surface area contributed by atoms with Crippen LogP contribution in [0, 0.1) is 0 Å². The third-order valence-electron chi connectivity index (χ3n) is 1.96. The minimum atomic E-state index is -0.534. The lowest BCUT2D eigenvalue weighted by atomic mass is 10.0. The number of rotatable bonds is 1. The van der Waals surface area contributed by atoms with Crippen LogP contribution < -0.4 is 5.32 Å². The van der Waals surface area contributed by atoms with Crippen molar-refractivity contribution in [2.24, 2.45) is 0 Å². The quantitative estimate of drug-likeness (QED) is 0.749. The van der Waals surface area contributed by atoms with Gasteiger partial charge in [-0.05, 0) is 34.6 Å². The van der Waals surface area contributed by atoms with E-state index in [1.54, 1.807) is 20.8 Å². The van der Waals surface area contributed by atoms with E-state index in [2.05, 4.69) is 5.32 Å². The molecule has 1 amide bonds. The number of hydrogen-bond acceptors (Lipinski definition) is 4. The molecular weight excluding hydrogens is 214 g/mol. The van der Waals surface area contributed by atoms with Crippen LogP contribution in [0.15, 0.2) is 0 Å². The predicted molar refractivity (Wildman–Crippen MR) is 59.8 cm³/mol. The highest BCUT2D eigenvalue weighted by Crippen LogP contribution is 2.41. The molecule has 1 N–H and O–H groups in total. The van der Waals surface area contributed by atoms with Crippen LogP contribution in [-0.4, -0.2) is 27.6 Å². The Morgan fingerprint density at radius 1 is 1.47 bits per heavy atom. The van der Waals surface area contributed by atoms with E-state index >= 15 is 0 Å². The Labute approximate surface area is 94.1 Å². The lowest BCUT2D eigenvalue weighted by molar-refractivity contribution is -0.115. The molecule has 0 spiro atoms. The summed E-state index contributed by atoms with van der Waals surface area (Å²) in [5.74, 6) is 0. The van der Waals surface area contributed by atoms with Gasteiger partial charge in [-0.15, -0.1) is 0 Å². The van der Waals surface area contributed by atoms with Gasteiger partial charge >= 0.3 is 6.09 Å². The van der Waals surface area contributed by atoms with E-state index in [0.29, 0.717) is 0 Å². The first kappa shape index (κ1) is 12.4. The molecule has 1 fully saturated rings. The highest BCUT2D eigenvalue weighted by Gasteiger charge is 2.49. The van der Waals surface area contributed by atoms with Crippen molar-refractivity contribution in [2.45, 2.75) is 51.0 Å². The summed E-state index contributed by atoms with van der Waals surface area (Å²) in [6, 6.07) is -0.433. The van der Waals surface area contributed by atoms with Crippen LogP contribution in [0.4, 0.5) is 4.79 Å². The molecule has 1 unspecified atom stereocenters. The molecule has 86 valence electrons. The van der Waals surface area contributed by atoms with E-state index in [-0.39, 0.29) is 9.86 Å². The van der Waals surface area contributed by atoms with E-state index in [9.17, 15) is 9.59 Å². The van der Waals surface area contributed by atoms with Crippen molar-refractivity contribution in [2.75, 3.05) is 0 Å². The van der Waals surface area contributed by atoms with Gasteiger partial charge in [0.15, 0.2) is 0 Å². The molecule has 4 nitrogen and oxygen atoms in total. The van der Waals surface area contributed by atoms with Gasteiger partial charge in [-0.3, -0.25) is 4.79 Å². The van der Waals surface area contributed by atoms with Crippen LogP contribution in [-0.2, 0) is 9.53 Å². The average molecular weight is 231 g/mol. The first-order valence-corrected chi connectivity index (χ1v) is 5.66. The number of thioether (sulfide) groups is 1. The van der Waals surface area contributed by atoms with Gasteiger partial charge in [0.05, 0.1) is 0 Å². The largest absolute Gasteiger partial charge is 0.444 e. The van der Waals surface area contributed by atoms with E-state index in [4.69, 9.17) is 4.74 Å². The fourth-order valence-electron chi connectivity index (χ4n) is 1.26. The maximum atomic E-state index is 11.4. The van der Waals surface area contributed by atoms with Gasteiger partial charge in [0.25, 0.3) is 0 Å². The van der Waals surface area contributed by atoms with Crippen LogP contribution in [0.3, 0.4) is 0 Å². The fourth-order valence-corrected chi connectivity index (χ4v) is 2.35. The smallest absolute Gasteiger partial charge is 0.408 e. The second-order valence-corrected chi connectivity index (χ2v) is 6.76. The van der Waals surface area contributed by atoms with Gasteiger partial charge in [-0.25, -0.2) is 4.79 Å². The molecule has 1 saturated heterocycles. The summed E-state index contributed by atoms with van der Waals surface area (Å²) in [4.78, 5) is 22.6. The van der Waals surface area contributed by atoms with Crippen LogP contribution in [0.25, 0.3) is 0 Å². The minimum absolute atomic E-state index is 0.00846. The lowest BCUT2D eigenvalue weighted by Gasteiger charge is -2.41. The molecule has 0 bridgehead atoms. The zero-order chi connectivity index (χ0) is 11.9. The molecule has 0 aromatic rings. The van der Waals surface area contributed by atoms with Crippen LogP contribution >= 0.6 is 11.8 Å². The lowest BCUT2D eigenvalue weighted by Crippen LogP contribution is -2.60. The van der Waals surface area contributed by atoms with Crippen molar-refractivity contribution in [1.82, 2.24) is 5.32 Å². The molecule has 0 aromatic carbocycles. The zero-order valence-corrected chi connectivity index (χ0v) is 10.5. The predicted octanol–water partition coefficient (Wildman–Crippen LogP) is 1.93. The topological polar surface area (TPSA) is 55.4 Å². The number of carbonyl (C=O) groups excluding carboxylic acids is 2. The fraction of sp³-hybridized carbons (Fsp3) is 0.800. The van der Waals surface area contributed by atoms with Gasteiger partial charge in [0.2, 0.25) is 5.12 Å². The van der Waals surface area contributed by atoms with Crippen molar-refractivity contribution >= 4 is 23.0 Å². The zero-order valence-electron chi connectivity index (χ0n) is 9.71. The van der Waals surface area contributed by atoms with Crippen LogP contribution in [0.1, 0.15) is 34.6 Å². The molecule has 5 heteroatoms. The normalized spacial score (nSPS) is 24.3. The Bertz CT molecular complexity index is 294. The standard InChI is InChI=1S/C10H17NO3S/c1-9(2,3)14-8(13)11-6-7(12)15-10(6,4)5/h6H,1-5H3,(H,11,13). The van der Waals surface area contributed by atoms with Crippen molar-refractivity contribution in [3.8, 4) is 0 Å². The molecule has 0 aromatic heterocycles. The molecule has 0 radical (unpaired) electrons.